The summed E-state index contributed by atoms with van der Waals surface area (Å²) < 4.78 is 0. The van der Waals surface area contributed by atoms with Gasteiger partial charge in [0.05, 0.1) is 12.2 Å². The van der Waals surface area contributed by atoms with Crippen molar-refractivity contribution in [1.29, 1.82) is 0 Å². The Kier molecular flexibility index (Phi) is 4.36. The summed E-state index contributed by atoms with van der Waals surface area (Å²) in [5.41, 5.74) is 6.67. The molecule has 5 nitrogen and oxygen atoms in total. The van der Waals surface area contributed by atoms with Crippen molar-refractivity contribution in [3.63, 3.8) is 0 Å². The number of rotatable bonds is 4. The van der Waals surface area contributed by atoms with Crippen molar-refractivity contribution in [1.82, 2.24) is 15.5 Å². The molecule has 18 heavy (non-hydrogen) atoms. The molecule has 1 saturated carbocycles. The van der Waals surface area contributed by atoms with Gasteiger partial charge in [0.1, 0.15) is 0 Å². The number of aromatic amines is 1. The minimum Gasteiger partial charge on any atom is -0.349 e. The Bertz CT molecular complexity index is 368. The van der Waals surface area contributed by atoms with Gasteiger partial charge in [-0.3, -0.25) is 9.89 Å². The molecular weight excluding hydrogens is 228 g/mol. The van der Waals surface area contributed by atoms with E-state index in [2.05, 4.69) is 15.5 Å². The zero-order chi connectivity index (χ0) is 13.0. The van der Waals surface area contributed by atoms with Gasteiger partial charge in [0.15, 0.2) is 0 Å². The van der Waals surface area contributed by atoms with E-state index in [1.165, 1.54) is 0 Å². The van der Waals surface area contributed by atoms with Crippen molar-refractivity contribution in [3.8, 4) is 0 Å². The first-order valence-electron chi connectivity index (χ1n) is 6.69. The number of H-pyrrole nitrogens is 1. The molecular formula is C13H22N4O. The first-order valence-corrected chi connectivity index (χ1v) is 6.69. The van der Waals surface area contributed by atoms with Gasteiger partial charge >= 0.3 is 0 Å². The third kappa shape index (κ3) is 3.10. The number of nitrogens with two attached hydrogens (primary N) is 1. The second-order valence-electron chi connectivity index (χ2n) is 5.22. The van der Waals surface area contributed by atoms with E-state index in [4.69, 9.17) is 5.73 Å². The molecule has 0 radical (unpaired) electrons. The Labute approximate surface area is 108 Å². The summed E-state index contributed by atoms with van der Waals surface area (Å²) in [5, 5.41) is 9.71. The molecule has 0 bridgehead atoms. The van der Waals surface area contributed by atoms with Crippen LogP contribution in [0.5, 0.6) is 0 Å². The summed E-state index contributed by atoms with van der Waals surface area (Å²) in [5.74, 6) is 0.932. The Morgan fingerprint density at radius 2 is 2.28 bits per heavy atom. The number of nitrogens with one attached hydrogen (secondary N) is 2. The van der Waals surface area contributed by atoms with Gasteiger partial charge in [-0.15, -0.1) is 0 Å². The van der Waals surface area contributed by atoms with E-state index in [0.717, 1.165) is 37.8 Å². The normalized spacial score (nSPS) is 25.7. The number of carbonyl (C=O) groups excluding carboxylic acids is 1. The molecule has 1 amide bonds. The van der Waals surface area contributed by atoms with E-state index < -0.39 is 0 Å². The maximum Gasteiger partial charge on any atom is 0.223 e. The minimum absolute atomic E-state index is 0.0171. The number of hydrogen-bond acceptors (Lipinski definition) is 3. The molecule has 1 fully saturated rings. The van der Waals surface area contributed by atoms with Crippen molar-refractivity contribution < 1.29 is 4.79 Å². The van der Waals surface area contributed by atoms with Crippen LogP contribution in [0.15, 0.2) is 12.4 Å². The zero-order valence-corrected chi connectivity index (χ0v) is 10.9. The average molecular weight is 250 g/mol. The molecule has 1 aliphatic carbocycles. The molecule has 4 N–H and O–H groups in total. The second kappa shape index (κ2) is 6.00. The van der Waals surface area contributed by atoms with Crippen LogP contribution in [0.1, 0.15) is 44.2 Å². The molecule has 1 atom stereocenters. The average Bonchev–Trinajstić information content (AvgIpc) is 2.92. The van der Waals surface area contributed by atoms with Crippen molar-refractivity contribution >= 4 is 5.91 Å². The van der Waals surface area contributed by atoms with E-state index in [1.54, 1.807) is 6.20 Å². The lowest BCUT2D eigenvalue weighted by atomic mass is 9.81. The summed E-state index contributed by atoms with van der Waals surface area (Å²) in [4.78, 5) is 12.1. The molecule has 5 heteroatoms. The highest BCUT2D eigenvalue weighted by atomic mass is 16.1. The van der Waals surface area contributed by atoms with Crippen LogP contribution < -0.4 is 11.1 Å². The van der Waals surface area contributed by atoms with Crippen LogP contribution in [-0.4, -0.2) is 22.6 Å². The van der Waals surface area contributed by atoms with E-state index in [1.807, 2.05) is 13.1 Å². The SMILES string of the molecule is CC(NC(=O)C1CCC(CN)CC1)c1cn[nH]c1. The lowest BCUT2D eigenvalue weighted by molar-refractivity contribution is -0.126. The van der Waals surface area contributed by atoms with Gasteiger partial charge < -0.3 is 11.1 Å². The summed E-state index contributed by atoms with van der Waals surface area (Å²) in [7, 11) is 0. The number of aromatic nitrogens is 2. The highest BCUT2D eigenvalue weighted by Gasteiger charge is 2.26. The van der Waals surface area contributed by atoms with Crippen LogP contribution in [0.25, 0.3) is 0 Å². The van der Waals surface area contributed by atoms with Gasteiger partial charge in [0.2, 0.25) is 5.91 Å². The molecule has 0 spiro atoms. The highest BCUT2D eigenvalue weighted by Crippen LogP contribution is 2.28. The van der Waals surface area contributed by atoms with Crippen molar-refractivity contribution in [2.45, 2.75) is 38.6 Å². The molecule has 0 aliphatic heterocycles. The zero-order valence-electron chi connectivity index (χ0n) is 10.9. The number of nitrogens with zero attached hydrogens (tertiary/aromatic N) is 1. The first kappa shape index (κ1) is 13.1. The smallest absolute Gasteiger partial charge is 0.223 e. The van der Waals surface area contributed by atoms with Crippen LogP contribution in [0.4, 0.5) is 0 Å². The summed E-state index contributed by atoms with van der Waals surface area (Å²) in [6, 6.07) is 0.0171. The fraction of sp³-hybridized carbons (Fsp3) is 0.692. The first-order chi connectivity index (χ1) is 8.70. The van der Waals surface area contributed by atoms with Crippen LogP contribution in [0.2, 0.25) is 0 Å². The topological polar surface area (TPSA) is 83.8 Å². The van der Waals surface area contributed by atoms with Gasteiger partial charge in [0, 0.05) is 17.7 Å². The van der Waals surface area contributed by atoms with Gasteiger partial charge in [-0.25, -0.2) is 0 Å². The summed E-state index contributed by atoms with van der Waals surface area (Å²) in [6.45, 7) is 2.73. The number of amides is 1. The van der Waals surface area contributed by atoms with E-state index in [0.29, 0.717) is 5.92 Å². The maximum absolute atomic E-state index is 12.1. The molecule has 1 aliphatic rings. The van der Waals surface area contributed by atoms with Crippen molar-refractivity contribution in [3.05, 3.63) is 18.0 Å². The third-order valence-corrected chi connectivity index (χ3v) is 3.93. The Hall–Kier alpha value is -1.36. The molecule has 100 valence electrons. The molecule has 1 aromatic heterocycles. The second-order valence-corrected chi connectivity index (χ2v) is 5.22. The lowest BCUT2D eigenvalue weighted by Crippen LogP contribution is -2.35. The molecule has 1 heterocycles. The van der Waals surface area contributed by atoms with Crippen LogP contribution >= 0.6 is 0 Å². The van der Waals surface area contributed by atoms with Crippen LogP contribution in [0, 0.1) is 11.8 Å². The van der Waals surface area contributed by atoms with Gasteiger partial charge in [-0.05, 0) is 45.1 Å². The molecule has 1 unspecified atom stereocenters. The van der Waals surface area contributed by atoms with Crippen molar-refractivity contribution in [2.24, 2.45) is 17.6 Å². The Morgan fingerprint density at radius 1 is 1.56 bits per heavy atom. The largest absolute Gasteiger partial charge is 0.349 e. The third-order valence-electron chi connectivity index (χ3n) is 3.93. The molecule has 0 saturated heterocycles. The lowest BCUT2D eigenvalue weighted by Gasteiger charge is -2.27. The van der Waals surface area contributed by atoms with E-state index in [9.17, 15) is 4.79 Å². The van der Waals surface area contributed by atoms with Gasteiger partial charge in [0.25, 0.3) is 0 Å². The van der Waals surface area contributed by atoms with Gasteiger partial charge in [-0.2, -0.15) is 5.10 Å². The highest BCUT2D eigenvalue weighted by molar-refractivity contribution is 5.79. The fourth-order valence-electron chi connectivity index (χ4n) is 2.57. The quantitative estimate of drug-likeness (QED) is 0.754. The van der Waals surface area contributed by atoms with E-state index >= 15 is 0 Å². The standard InChI is InChI=1S/C13H22N4O/c1-9(12-7-15-16-8-12)17-13(18)11-4-2-10(6-14)3-5-11/h7-11H,2-6,14H2,1H3,(H,15,16)(H,17,18). The summed E-state index contributed by atoms with van der Waals surface area (Å²) in [6.07, 6.45) is 7.65. The maximum atomic E-state index is 12.1. The molecule has 2 rings (SSSR count). The molecule has 0 aromatic carbocycles. The Balaban J connectivity index is 1.82. The van der Waals surface area contributed by atoms with E-state index in [-0.39, 0.29) is 17.9 Å². The van der Waals surface area contributed by atoms with Crippen LogP contribution in [0.3, 0.4) is 0 Å². The summed E-state index contributed by atoms with van der Waals surface area (Å²) >= 11 is 0. The number of carbonyl (C=O) groups is 1. The Morgan fingerprint density at radius 3 is 2.83 bits per heavy atom. The predicted molar refractivity (Wildman–Crippen MR) is 69.6 cm³/mol. The van der Waals surface area contributed by atoms with Gasteiger partial charge in [-0.1, -0.05) is 0 Å². The number of hydrogen-bond donors (Lipinski definition) is 3. The van der Waals surface area contributed by atoms with Crippen LogP contribution in [-0.2, 0) is 4.79 Å². The minimum atomic E-state index is 0.0171. The monoisotopic (exact) mass is 250 g/mol. The fourth-order valence-corrected chi connectivity index (χ4v) is 2.57. The predicted octanol–water partition coefficient (Wildman–Crippen LogP) is 1.35. The van der Waals surface area contributed by atoms with Crippen molar-refractivity contribution in [2.75, 3.05) is 6.54 Å². The molecule has 1 aromatic rings.